The number of nitrogens with one attached hydrogen (secondary N) is 2. The van der Waals surface area contributed by atoms with Crippen LogP contribution in [0.5, 0.6) is 0 Å². The van der Waals surface area contributed by atoms with Crippen LogP contribution in [-0.2, 0) is 0 Å². The third-order valence-electron chi connectivity index (χ3n) is 3.60. The van der Waals surface area contributed by atoms with Crippen molar-refractivity contribution in [2.75, 3.05) is 18.4 Å². The van der Waals surface area contributed by atoms with Crippen LogP contribution in [0.25, 0.3) is 10.6 Å². The molecule has 1 amide bonds. The molecule has 4 N–H and O–H groups in total. The molecule has 26 heavy (non-hydrogen) atoms. The Morgan fingerprint density at radius 2 is 1.96 bits per heavy atom. The fourth-order valence-electron chi connectivity index (χ4n) is 2.29. The highest BCUT2D eigenvalue weighted by molar-refractivity contribution is 7.23. The predicted molar refractivity (Wildman–Crippen MR) is 106 cm³/mol. The van der Waals surface area contributed by atoms with Gasteiger partial charge in [-0.05, 0) is 54.1 Å². The summed E-state index contributed by atoms with van der Waals surface area (Å²) in [6.07, 6.45) is 2.45. The summed E-state index contributed by atoms with van der Waals surface area (Å²) in [4.78, 5) is 21.7. The molecule has 0 aliphatic rings. The molecule has 2 radical (unpaired) electrons. The van der Waals surface area contributed by atoms with Crippen molar-refractivity contribution in [1.29, 1.82) is 0 Å². The molecule has 0 atom stereocenters. The Bertz CT molecular complexity index is 881. The molecule has 130 valence electrons. The lowest BCUT2D eigenvalue weighted by Gasteiger charge is -2.08. The number of hydrogen-bond donors (Lipinski definition) is 3. The number of anilines is 2. The molecular formula is C18H18BN5OS. The van der Waals surface area contributed by atoms with Crippen LogP contribution in [0.1, 0.15) is 16.8 Å². The predicted octanol–water partition coefficient (Wildman–Crippen LogP) is 1.82. The van der Waals surface area contributed by atoms with Gasteiger partial charge in [-0.3, -0.25) is 4.79 Å². The fraction of sp³-hybridized carbons (Fsp3) is 0.167. The van der Waals surface area contributed by atoms with E-state index < -0.39 is 0 Å². The van der Waals surface area contributed by atoms with Crippen LogP contribution in [0.2, 0.25) is 0 Å². The van der Waals surface area contributed by atoms with E-state index in [2.05, 4.69) is 20.6 Å². The second-order valence-electron chi connectivity index (χ2n) is 5.57. The SMILES string of the molecule is [B]c1ccc(-c2ccnc(Nc3ccc(C(=O)NCCCN)cc3)n2)s1. The molecule has 2 heterocycles. The van der Waals surface area contributed by atoms with Gasteiger partial charge in [-0.2, -0.15) is 11.3 Å². The van der Waals surface area contributed by atoms with Gasteiger partial charge >= 0.3 is 0 Å². The lowest BCUT2D eigenvalue weighted by molar-refractivity contribution is 0.0953. The molecule has 0 saturated carbocycles. The Balaban J connectivity index is 1.67. The number of nitrogens with zero attached hydrogens (tertiary/aromatic N) is 2. The van der Waals surface area contributed by atoms with E-state index in [1.807, 2.05) is 30.3 Å². The highest BCUT2D eigenvalue weighted by atomic mass is 32.1. The van der Waals surface area contributed by atoms with Gasteiger partial charge in [0.25, 0.3) is 5.91 Å². The molecule has 0 spiro atoms. The maximum Gasteiger partial charge on any atom is 0.251 e. The zero-order valence-corrected chi connectivity index (χ0v) is 14.9. The number of carbonyl (C=O) groups excluding carboxylic acids is 1. The van der Waals surface area contributed by atoms with E-state index in [4.69, 9.17) is 13.6 Å². The third-order valence-corrected chi connectivity index (χ3v) is 4.54. The van der Waals surface area contributed by atoms with Crippen LogP contribution < -0.4 is 21.1 Å². The number of benzene rings is 1. The molecule has 2 aromatic heterocycles. The molecule has 1 aromatic carbocycles. The van der Waals surface area contributed by atoms with E-state index >= 15 is 0 Å². The first-order valence-electron chi connectivity index (χ1n) is 8.20. The zero-order valence-electron chi connectivity index (χ0n) is 14.1. The summed E-state index contributed by atoms with van der Waals surface area (Å²) in [5, 5.41) is 5.97. The molecule has 3 rings (SSSR count). The van der Waals surface area contributed by atoms with E-state index in [0.717, 1.165) is 27.5 Å². The average Bonchev–Trinajstić information content (AvgIpc) is 3.09. The molecule has 0 aliphatic heterocycles. The summed E-state index contributed by atoms with van der Waals surface area (Å²) in [5.41, 5.74) is 7.62. The summed E-state index contributed by atoms with van der Waals surface area (Å²) >= 11 is 1.48. The van der Waals surface area contributed by atoms with Crippen molar-refractivity contribution in [3.8, 4) is 10.6 Å². The Hall–Kier alpha value is -2.71. The third kappa shape index (κ3) is 4.68. The van der Waals surface area contributed by atoms with Crippen molar-refractivity contribution in [3.05, 3.63) is 54.2 Å². The minimum absolute atomic E-state index is 0.112. The first kappa shape index (κ1) is 18.1. The number of hydrogen-bond acceptors (Lipinski definition) is 6. The second-order valence-corrected chi connectivity index (χ2v) is 6.68. The van der Waals surface area contributed by atoms with Gasteiger partial charge in [0.05, 0.1) is 10.6 Å². The number of aromatic nitrogens is 2. The highest BCUT2D eigenvalue weighted by Gasteiger charge is 2.07. The standard InChI is InChI=1S/C18H18BN5OS/c19-16-7-6-15(26-16)14-8-11-22-18(24-14)23-13-4-2-12(3-5-13)17(25)21-10-1-9-20/h2-8,11H,1,9-10,20H2,(H,21,25)(H,22,23,24). The van der Waals surface area contributed by atoms with Crippen LogP contribution >= 0.6 is 11.3 Å². The average molecular weight is 363 g/mol. The van der Waals surface area contributed by atoms with Gasteiger partial charge in [0.2, 0.25) is 5.95 Å². The zero-order chi connectivity index (χ0) is 18.4. The van der Waals surface area contributed by atoms with Crippen LogP contribution in [0.3, 0.4) is 0 Å². The minimum Gasteiger partial charge on any atom is -0.352 e. The monoisotopic (exact) mass is 363 g/mol. The van der Waals surface area contributed by atoms with Crippen LogP contribution in [0.4, 0.5) is 11.6 Å². The molecule has 0 unspecified atom stereocenters. The van der Waals surface area contributed by atoms with E-state index in [1.54, 1.807) is 18.3 Å². The van der Waals surface area contributed by atoms with Crippen LogP contribution in [-0.4, -0.2) is 36.8 Å². The molecule has 3 aromatic rings. The Kier molecular flexibility index (Phi) is 5.98. The molecule has 8 heteroatoms. The Labute approximate surface area is 157 Å². The molecule has 0 fully saturated rings. The second kappa shape index (κ2) is 8.60. The first-order chi connectivity index (χ1) is 12.7. The molecule has 6 nitrogen and oxygen atoms in total. The summed E-state index contributed by atoms with van der Waals surface area (Å²) < 4.78 is 0.744. The van der Waals surface area contributed by atoms with Gasteiger partial charge in [0, 0.05) is 24.0 Å². The summed E-state index contributed by atoms with van der Waals surface area (Å²) in [7, 11) is 5.78. The van der Waals surface area contributed by atoms with Gasteiger partial charge in [-0.15, -0.1) is 0 Å². The maximum absolute atomic E-state index is 12.0. The number of nitrogens with two attached hydrogens (primary N) is 1. The Morgan fingerprint density at radius 1 is 1.15 bits per heavy atom. The maximum atomic E-state index is 12.0. The normalized spacial score (nSPS) is 10.5. The van der Waals surface area contributed by atoms with E-state index in [0.29, 0.717) is 24.6 Å². The van der Waals surface area contributed by atoms with Gasteiger partial charge < -0.3 is 16.4 Å². The molecule has 0 aliphatic carbocycles. The molecular weight excluding hydrogens is 345 g/mol. The van der Waals surface area contributed by atoms with E-state index in [1.165, 1.54) is 11.3 Å². The van der Waals surface area contributed by atoms with Crippen LogP contribution in [0, 0.1) is 0 Å². The van der Waals surface area contributed by atoms with Crippen LogP contribution in [0.15, 0.2) is 48.7 Å². The summed E-state index contributed by atoms with van der Waals surface area (Å²) in [6, 6.07) is 12.8. The number of carbonyl (C=O) groups is 1. The Morgan fingerprint density at radius 3 is 2.65 bits per heavy atom. The number of thiophene rings is 1. The van der Waals surface area contributed by atoms with Crippen molar-refractivity contribution in [2.45, 2.75) is 6.42 Å². The first-order valence-corrected chi connectivity index (χ1v) is 9.01. The number of amides is 1. The smallest absolute Gasteiger partial charge is 0.251 e. The van der Waals surface area contributed by atoms with Crippen molar-refractivity contribution in [2.24, 2.45) is 5.73 Å². The minimum atomic E-state index is -0.112. The van der Waals surface area contributed by atoms with Crippen molar-refractivity contribution >= 4 is 41.5 Å². The molecule has 0 bridgehead atoms. The van der Waals surface area contributed by atoms with Crippen molar-refractivity contribution in [1.82, 2.24) is 15.3 Å². The fourth-order valence-corrected chi connectivity index (χ4v) is 3.03. The van der Waals surface area contributed by atoms with E-state index in [9.17, 15) is 4.79 Å². The number of rotatable bonds is 7. The van der Waals surface area contributed by atoms with Gasteiger partial charge in [-0.25, -0.2) is 9.97 Å². The summed E-state index contributed by atoms with van der Waals surface area (Å²) in [6.45, 7) is 1.13. The topological polar surface area (TPSA) is 92.9 Å². The van der Waals surface area contributed by atoms with Gasteiger partial charge in [0.1, 0.15) is 7.85 Å². The largest absolute Gasteiger partial charge is 0.352 e. The van der Waals surface area contributed by atoms with Gasteiger partial charge in [0.15, 0.2) is 0 Å². The van der Waals surface area contributed by atoms with Crippen molar-refractivity contribution < 1.29 is 4.79 Å². The highest BCUT2D eigenvalue weighted by Crippen LogP contribution is 2.22. The van der Waals surface area contributed by atoms with Crippen molar-refractivity contribution in [3.63, 3.8) is 0 Å². The lowest BCUT2D eigenvalue weighted by Crippen LogP contribution is -2.25. The lowest BCUT2D eigenvalue weighted by atomic mass is 10.1. The molecule has 0 saturated heterocycles. The van der Waals surface area contributed by atoms with E-state index in [-0.39, 0.29) is 5.91 Å². The quantitative estimate of drug-likeness (QED) is 0.440. The summed E-state index contributed by atoms with van der Waals surface area (Å²) in [5.74, 6) is 0.369. The van der Waals surface area contributed by atoms with Gasteiger partial charge in [-0.1, -0.05) is 6.07 Å².